The monoisotopic (exact) mass is 223 g/mol. The zero-order chi connectivity index (χ0) is 9.97. The van der Waals surface area contributed by atoms with Gasteiger partial charge in [-0.25, -0.2) is 0 Å². The lowest BCUT2D eigenvalue weighted by Crippen LogP contribution is -1.96. The van der Waals surface area contributed by atoms with Gasteiger partial charge >= 0.3 is 0 Å². The summed E-state index contributed by atoms with van der Waals surface area (Å²) < 4.78 is 0. The maximum absolute atomic E-state index is 3.44. The first-order valence-electron chi connectivity index (χ1n) is 4.57. The van der Waals surface area contributed by atoms with E-state index >= 15 is 0 Å². The quantitative estimate of drug-likeness (QED) is 0.828. The van der Waals surface area contributed by atoms with Crippen molar-refractivity contribution in [3.8, 4) is 0 Å². The van der Waals surface area contributed by atoms with Gasteiger partial charge in [-0.15, -0.1) is 22.7 Å². The minimum absolute atomic E-state index is 0.941. The molecule has 0 bridgehead atoms. The highest BCUT2D eigenvalue weighted by atomic mass is 32.1. The Kier molecular flexibility index (Phi) is 2.89. The molecule has 1 N–H and O–H groups in total. The molecule has 0 aliphatic carbocycles. The third-order valence-electron chi connectivity index (χ3n) is 2.10. The Morgan fingerprint density at radius 3 is 2.64 bits per heavy atom. The standard InChI is InChI=1S/C11H13NS2/c1-8-6-13-7-11(8)12-5-10-4-3-9(2)14-10/h3-4,6-7,12H,5H2,1-2H3. The topological polar surface area (TPSA) is 12.0 Å². The third-order valence-corrected chi connectivity index (χ3v) is 3.97. The second kappa shape index (κ2) is 4.15. The van der Waals surface area contributed by atoms with Gasteiger partial charge in [0.05, 0.1) is 0 Å². The SMILES string of the molecule is Cc1ccc(CNc2cscc2C)s1. The van der Waals surface area contributed by atoms with E-state index in [1.54, 1.807) is 11.3 Å². The lowest BCUT2D eigenvalue weighted by Gasteiger charge is -2.02. The number of nitrogens with one attached hydrogen (secondary N) is 1. The van der Waals surface area contributed by atoms with Crippen molar-refractivity contribution in [2.75, 3.05) is 5.32 Å². The minimum Gasteiger partial charge on any atom is -0.379 e. The molecule has 0 radical (unpaired) electrons. The first-order chi connectivity index (χ1) is 6.75. The highest BCUT2D eigenvalue weighted by Crippen LogP contribution is 2.22. The van der Waals surface area contributed by atoms with Gasteiger partial charge in [0.15, 0.2) is 0 Å². The maximum Gasteiger partial charge on any atom is 0.0494 e. The van der Waals surface area contributed by atoms with E-state index in [1.807, 2.05) is 11.3 Å². The van der Waals surface area contributed by atoms with Gasteiger partial charge in [-0.05, 0) is 36.9 Å². The van der Waals surface area contributed by atoms with Gasteiger partial charge in [0.1, 0.15) is 0 Å². The number of anilines is 1. The fraction of sp³-hybridized carbons (Fsp3) is 0.273. The highest BCUT2D eigenvalue weighted by molar-refractivity contribution is 7.11. The van der Waals surface area contributed by atoms with Gasteiger partial charge in [0.2, 0.25) is 0 Å². The molecule has 14 heavy (non-hydrogen) atoms. The average Bonchev–Trinajstić information content (AvgIpc) is 2.72. The molecule has 2 heterocycles. The van der Waals surface area contributed by atoms with Crippen LogP contribution in [0.3, 0.4) is 0 Å². The van der Waals surface area contributed by atoms with E-state index < -0.39 is 0 Å². The molecule has 0 amide bonds. The molecule has 0 spiro atoms. The Morgan fingerprint density at radius 1 is 1.21 bits per heavy atom. The van der Waals surface area contributed by atoms with Crippen LogP contribution in [0.5, 0.6) is 0 Å². The summed E-state index contributed by atoms with van der Waals surface area (Å²) in [4.78, 5) is 2.77. The minimum atomic E-state index is 0.941. The van der Waals surface area contributed by atoms with Gasteiger partial charge in [-0.2, -0.15) is 0 Å². The maximum atomic E-state index is 3.44. The molecule has 0 aromatic carbocycles. The molecule has 0 unspecified atom stereocenters. The van der Waals surface area contributed by atoms with Crippen molar-refractivity contribution in [2.45, 2.75) is 20.4 Å². The molecular weight excluding hydrogens is 210 g/mol. The van der Waals surface area contributed by atoms with Crippen LogP contribution in [0.15, 0.2) is 22.9 Å². The second-order valence-corrected chi connectivity index (χ2v) is 5.45. The van der Waals surface area contributed by atoms with Crippen molar-refractivity contribution < 1.29 is 0 Å². The van der Waals surface area contributed by atoms with Crippen molar-refractivity contribution in [2.24, 2.45) is 0 Å². The fourth-order valence-corrected chi connectivity index (χ4v) is 2.94. The summed E-state index contributed by atoms with van der Waals surface area (Å²) in [6.45, 7) is 5.22. The van der Waals surface area contributed by atoms with E-state index in [4.69, 9.17) is 0 Å². The van der Waals surface area contributed by atoms with E-state index in [0.717, 1.165) is 6.54 Å². The van der Waals surface area contributed by atoms with E-state index in [1.165, 1.54) is 21.0 Å². The Balaban J connectivity index is 1.98. The average molecular weight is 223 g/mol. The lowest BCUT2D eigenvalue weighted by molar-refractivity contribution is 1.19. The largest absolute Gasteiger partial charge is 0.379 e. The summed E-state index contributed by atoms with van der Waals surface area (Å²) in [7, 11) is 0. The van der Waals surface area contributed by atoms with Crippen LogP contribution in [-0.4, -0.2) is 0 Å². The van der Waals surface area contributed by atoms with Crippen LogP contribution in [0.25, 0.3) is 0 Å². The van der Waals surface area contributed by atoms with E-state index in [-0.39, 0.29) is 0 Å². The predicted octanol–water partition coefficient (Wildman–Crippen LogP) is 4.04. The number of hydrogen-bond acceptors (Lipinski definition) is 3. The summed E-state index contributed by atoms with van der Waals surface area (Å²) in [6.07, 6.45) is 0. The lowest BCUT2D eigenvalue weighted by atomic mass is 10.3. The molecule has 74 valence electrons. The number of rotatable bonds is 3. The van der Waals surface area contributed by atoms with Gasteiger partial charge in [0.25, 0.3) is 0 Å². The van der Waals surface area contributed by atoms with Crippen LogP contribution < -0.4 is 5.32 Å². The van der Waals surface area contributed by atoms with Crippen molar-refractivity contribution in [1.82, 2.24) is 0 Å². The van der Waals surface area contributed by atoms with Gasteiger partial charge in [-0.1, -0.05) is 0 Å². The molecule has 2 aromatic rings. The Bertz CT molecular complexity index is 414. The molecule has 0 atom stereocenters. The molecule has 3 heteroatoms. The van der Waals surface area contributed by atoms with Crippen LogP contribution in [0.4, 0.5) is 5.69 Å². The first kappa shape index (κ1) is 9.74. The Labute approximate surface area is 92.4 Å². The number of hydrogen-bond donors (Lipinski definition) is 1. The molecule has 0 aliphatic rings. The smallest absolute Gasteiger partial charge is 0.0494 e. The second-order valence-electron chi connectivity index (χ2n) is 3.33. The first-order valence-corrected chi connectivity index (χ1v) is 6.33. The molecule has 1 nitrogen and oxygen atoms in total. The summed E-state index contributed by atoms with van der Waals surface area (Å²) in [6, 6.07) is 4.36. The van der Waals surface area contributed by atoms with Crippen molar-refractivity contribution in [3.63, 3.8) is 0 Å². The molecule has 0 saturated heterocycles. The van der Waals surface area contributed by atoms with Crippen molar-refractivity contribution >= 4 is 28.4 Å². The van der Waals surface area contributed by atoms with Crippen LogP contribution in [0.1, 0.15) is 15.3 Å². The molecule has 2 rings (SSSR count). The zero-order valence-electron chi connectivity index (χ0n) is 8.33. The molecule has 0 aliphatic heterocycles. The van der Waals surface area contributed by atoms with Gasteiger partial charge in [-0.3, -0.25) is 0 Å². The fourth-order valence-electron chi connectivity index (χ4n) is 1.30. The third kappa shape index (κ3) is 2.16. The van der Waals surface area contributed by atoms with E-state index in [0.29, 0.717) is 0 Å². The number of thiophene rings is 2. The van der Waals surface area contributed by atoms with Crippen LogP contribution in [0.2, 0.25) is 0 Å². The Morgan fingerprint density at radius 2 is 2.07 bits per heavy atom. The molecule has 2 aromatic heterocycles. The summed E-state index contributed by atoms with van der Waals surface area (Å²) >= 11 is 3.60. The normalized spacial score (nSPS) is 10.4. The van der Waals surface area contributed by atoms with E-state index in [9.17, 15) is 0 Å². The molecule has 0 fully saturated rings. The molecular formula is C11H13NS2. The van der Waals surface area contributed by atoms with Gasteiger partial charge in [0, 0.05) is 27.4 Å². The summed E-state index contributed by atoms with van der Waals surface area (Å²) in [5.41, 5.74) is 2.60. The van der Waals surface area contributed by atoms with Crippen LogP contribution in [-0.2, 0) is 6.54 Å². The van der Waals surface area contributed by atoms with E-state index in [2.05, 4.69) is 42.1 Å². The van der Waals surface area contributed by atoms with Crippen LogP contribution >= 0.6 is 22.7 Å². The van der Waals surface area contributed by atoms with Crippen molar-refractivity contribution in [3.05, 3.63) is 38.2 Å². The van der Waals surface area contributed by atoms with Crippen molar-refractivity contribution in [1.29, 1.82) is 0 Å². The highest BCUT2D eigenvalue weighted by Gasteiger charge is 1.99. The summed E-state index contributed by atoms with van der Waals surface area (Å²) in [5.74, 6) is 0. The molecule has 0 saturated carbocycles. The van der Waals surface area contributed by atoms with Gasteiger partial charge < -0.3 is 5.32 Å². The van der Waals surface area contributed by atoms with Crippen LogP contribution in [0, 0.1) is 13.8 Å². The Hall–Kier alpha value is -0.800. The summed E-state index contributed by atoms with van der Waals surface area (Å²) in [5, 5.41) is 7.77. The predicted molar refractivity (Wildman–Crippen MR) is 65.4 cm³/mol. The zero-order valence-corrected chi connectivity index (χ0v) is 9.97. The number of aryl methyl sites for hydroxylation is 2.